The Labute approximate surface area is 176 Å². The number of thiophene rings is 1. The van der Waals surface area contributed by atoms with Crippen LogP contribution in [0.1, 0.15) is 36.3 Å². The van der Waals surface area contributed by atoms with Crippen molar-refractivity contribution < 1.29 is 4.74 Å². The smallest absolute Gasteiger partial charge is 0.263 e. The fourth-order valence-corrected chi connectivity index (χ4v) is 5.97. The summed E-state index contributed by atoms with van der Waals surface area (Å²) >= 11 is 3.27. The molecule has 0 aliphatic carbocycles. The maximum Gasteiger partial charge on any atom is 0.263 e. The minimum absolute atomic E-state index is 0.00244. The quantitative estimate of drug-likeness (QED) is 0.458. The number of fused-ring (bicyclic) bond motifs is 5. The number of hydrogen-bond acceptors (Lipinski definition) is 6. The summed E-state index contributed by atoms with van der Waals surface area (Å²) in [4.78, 5) is 15.3. The first-order valence-electron chi connectivity index (χ1n) is 9.70. The van der Waals surface area contributed by atoms with Crippen molar-refractivity contribution in [1.29, 1.82) is 0 Å². The molecule has 0 saturated heterocycles. The molecule has 0 radical (unpaired) electrons. The van der Waals surface area contributed by atoms with Crippen molar-refractivity contribution in [3.05, 3.63) is 56.7 Å². The van der Waals surface area contributed by atoms with Crippen molar-refractivity contribution in [3.8, 4) is 0 Å². The molecule has 1 aromatic carbocycles. The normalized spacial score (nSPS) is 19.1. The van der Waals surface area contributed by atoms with Crippen LogP contribution in [0.5, 0.6) is 0 Å². The molecule has 0 N–H and O–H groups in total. The van der Waals surface area contributed by atoms with Gasteiger partial charge in [-0.1, -0.05) is 49.0 Å². The van der Waals surface area contributed by atoms with E-state index in [0.717, 1.165) is 44.4 Å². The highest BCUT2D eigenvalue weighted by Crippen LogP contribution is 2.39. The molecule has 0 amide bonds. The van der Waals surface area contributed by atoms with Crippen LogP contribution in [0.4, 0.5) is 0 Å². The van der Waals surface area contributed by atoms with Gasteiger partial charge < -0.3 is 4.74 Å². The number of rotatable bonds is 4. The number of nitrogens with zero attached hydrogens (tertiary/aromatic N) is 4. The molecule has 0 unspecified atom stereocenters. The van der Waals surface area contributed by atoms with E-state index in [-0.39, 0.29) is 11.2 Å². The summed E-state index contributed by atoms with van der Waals surface area (Å²) in [5, 5.41) is 10.3. The fraction of sp³-hybridized carbons (Fsp3) is 0.381. The third kappa shape index (κ3) is 3.01. The van der Waals surface area contributed by atoms with Crippen LogP contribution in [0.15, 0.2) is 40.3 Å². The molecule has 6 nitrogen and oxygen atoms in total. The summed E-state index contributed by atoms with van der Waals surface area (Å²) in [6.45, 7) is 4.81. The summed E-state index contributed by atoms with van der Waals surface area (Å²) in [6.07, 6.45) is 1.67. The molecule has 29 heavy (non-hydrogen) atoms. The average molecular weight is 427 g/mol. The molecule has 0 saturated carbocycles. The van der Waals surface area contributed by atoms with E-state index in [1.807, 2.05) is 22.6 Å². The lowest BCUT2D eigenvalue weighted by atomic mass is 9.90. The van der Waals surface area contributed by atoms with Gasteiger partial charge in [-0.3, -0.25) is 9.36 Å². The van der Waals surface area contributed by atoms with Crippen LogP contribution in [0, 0.1) is 0 Å². The Morgan fingerprint density at radius 3 is 2.83 bits per heavy atom. The summed E-state index contributed by atoms with van der Waals surface area (Å²) in [5.74, 6) is 1.38. The second kappa shape index (κ2) is 6.97. The molecule has 5 rings (SSSR count). The molecule has 0 bridgehead atoms. The van der Waals surface area contributed by atoms with Crippen molar-refractivity contribution in [1.82, 2.24) is 19.2 Å². The predicted octanol–water partition coefficient (Wildman–Crippen LogP) is 4.18. The van der Waals surface area contributed by atoms with Gasteiger partial charge in [0.15, 0.2) is 5.16 Å². The van der Waals surface area contributed by atoms with E-state index in [9.17, 15) is 4.79 Å². The van der Waals surface area contributed by atoms with Crippen LogP contribution in [0.25, 0.3) is 16.0 Å². The number of aromatic nitrogens is 4. The van der Waals surface area contributed by atoms with Gasteiger partial charge in [-0.15, -0.1) is 21.5 Å². The Morgan fingerprint density at radius 2 is 2.07 bits per heavy atom. The molecule has 0 fully saturated rings. The molecule has 8 heteroatoms. The van der Waals surface area contributed by atoms with Crippen molar-refractivity contribution >= 4 is 39.1 Å². The van der Waals surface area contributed by atoms with Gasteiger partial charge in [0.05, 0.1) is 17.6 Å². The van der Waals surface area contributed by atoms with E-state index in [4.69, 9.17) is 4.74 Å². The van der Waals surface area contributed by atoms with Crippen LogP contribution in [0.3, 0.4) is 0 Å². The highest BCUT2D eigenvalue weighted by atomic mass is 32.2. The number of benzene rings is 1. The van der Waals surface area contributed by atoms with Crippen molar-refractivity contribution in [2.45, 2.75) is 49.8 Å². The minimum Gasteiger partial charge on any atom is -0.369 e. The Balaban J connectivity index is 1.68. The second-order valence-electron chi connectivity index (χ2n) is 7.71. The Bertz CT molecular complexity index is 1280. The molecule has 0 spiro atoms. The van der Waals surface area contributed by atoms with E-state index in [1.54, 1.807) is 34.7 Å². The molecule has 150 valence electrons. The molecule has 1 aliphatic heterocycles. The lowest BCUT2D eigenvalue weighted by Gasteiger charge is -2.32. The van der Waals surface area contributed by atoms with Crippen LogP contribution in [-0.2, 0) is 30.6 Å². The monoisotopic (exact) mass is 426 g/mol. The van der Waals surface area contributed by atoms with Crippen LogP contribution in [-0.4, -0.2) is 24.8 Å². The number of hydrogen-bond donors (Lipinski definition) is 0. The van der Waals surface area contributed by atoms with Gasteiger partial charge in [0.25, 0.3) is 5.56 Å². The number of aryl methyl sites for hydroxylation is 1. The Kier molecular flexibility index (Phi) is 4.53. The molecule has 1 atom stereocenters. The predicted molar refractivity (Wildman–Crippen MR) is 117 cm³/mol. The molecule has 3 aromatic heterocycles. The summed E-state index contributed by atoms with van der Waals surface area (Å²) in [6, 6.07) is 10.3. The lowest BCUT2D eigenvalue weighted by Crippen LogP contribution is -2.34. The van der Waals surface area contributed by atoms with Gasteiger partial charge in [-0.2, -0.15) is 0 Å². The molecular weight excluding hydrogens is 404 g/mol. The number of ether oxygens (including phenoxy) is 1. The van der Waals surface area contributed by atoms with E-state index >= 15 is 0 Å². The topological polar surface area (TPSA) is 61.4 Å². The zero-order chi connectivity index (χ0) is 20.2. The SMILES string of the molecule is CC[C@]1(C)Cc2c(sc3c2c(=O)n(C)c2nnc(SCc4ccccc4)n32)CO1. The second-order valence-corrected chi connectivity index (χ2v) is 9.74. The fourth-order valence-electron chi connectivity index (χ4n) is 3.80. The zero-order valence-electron chi connectivity index (χ0n) is 16.6. The van der Waals surface area contributed by atoms with E-state index < -0.39 is 0 Å². The van der Waals surface area contributed by atoms with Gasteiger partial charge in [0.2, 0.25) is 5.78 Å². The van der Waals surface area contributed by atoms with E-state index in [0.29, 0.717) is 12.4 Å². The van der Waals surface area contributed by atoms with Gasteiger partial charge >= 0.3 is 0 Å². The summed E-state index contributed by atoms with van der Waals surface area (Å²) in [5.41, 5.74) is 2.14. The van der Waals surface area contributed by atoms with Crippen molar-refractivity contribution in [2.24, 2.45) is 7.05 Å². The minimum atomic E-state index is -0.223. The van der Waals surface area contributed by atoms with E-state index in [2.05, 4.69) is 36.2 Å². The highest BCUT2D eigenvalue weighted by molar-refractivity contribution is 7.98. The Hall–Kier alpha value is -2.16. The average Bonchev–Trinajstić information content (AvgIpc) is 3.32. The Morgan fingerprint density at radius 1 is 1.28 bits per heavy atom. The standard InChI is InChI=1S/C21H22N4O2S2/c1-4-21(2)10-14-15(11-27-21)29-18-16(14)17(26)24(3)19-22-23-20(25(18)19)28-12-13-8-6-5-7-9-13/h5-9H,4,10-12H2,1-3H3/t21-/m1/s1. The first kappa shape index (κ1) is 18.8. The number of thioether (sulfide) groups is 1. The summed E-state index contributed by atoms with van der Waals surface area (Å²) < 4.78 is 9.78. The molecule has 1 aliphatic rings. The molecular formula is C21H22N4O2S2. The van der Waals surface area contributed by atoms with Gasteiger partial charge in [-0.05, 0) is 24.5 Å². The van der Waals surface area contributed by atoms with E-state index in [1.165, 1.54) is 5.56 Å². The van der Waals surface area contributed by atoms with Crippen molar-refractivity contribution in [3.63, 3.8) is 0 Å². The van der Waals surface area contributed by atoms with Gasteiger partial charge in [0.1, 0.15) is 4.83 Å². The summed E-state index contributed by atoms with van der Waals surface area (Å²) in [7, 11) is 1.78. The van der Waals surface area contributed by atoms with Crippen LogP contribution in [0.2, 0.25) is 0 Å². The van der Waals surface area contributed by atoms with Gasteiger partial charge in [0, 0.05) is 24.1 Å². The maximum atomic E-state index is 13.2. The molecule has 4 heterocycles. The lowest BCUT2D eigenvalue weighted by molar-refractivity contribution is -0.0543. The maximum absolute atomic E-state index is 13.2. The first-order valence-corrected chi connectivity index (χ1v) is 11.5. The molecule has 4 aromatic rings. The first-order chi connectivity index (χ1) is 14.0. The third-order valence-electron chi connectivity index (χ3n) is 5.77. The van der Waals surface area contributed by atoms with Crippen LogP contribution >= 0.6 is 23.1 Å². The van der Waals surface area contributed by atoms with Crippen molar-refractivity contribution in [2.75, 3.05) is 0 Å². The zero-order valence-corrected chi connectivity index (χ0v) is 18.3. The van der Waals surface area contributed by atoms with Crippen LogP contribution < -0.4 is 5.56 Å². The third-order valence-corrected chi connectivity index (χ3v) is 7.96. The largest absolute Gasteiger partial charge is 0.369 e. The van der Waals surface area contributed by atoms with Gasteiger partial charge in [-0.25, -0.2) is 4.40 Å². The highest BCUT2D eigenvalue weighted by Gasteiger charge is 2.33.